The Morgan fingerprint density at radius 2 is 0.459 bits per heavy atom. The van der Waals surface area contributed by atoms with Gasteiger partial charge in [-0.2, -0.15) is 0 Å². The molecule has 0 aromatic carbocycles. The molecular weight excluding hydrogens is 1440 g/mol. The van der Waals surface area contributed by atoms with Gasteiger partial charge in [0.15, 0.2) is 12.2 Å². The standard InChI is InChI=1S/C92H180O17P2/c1-7-10-12-14-16-18-20-22-24-26-28-29-30-32-34-38-42-46-50-58-64-70-76-91(96)108-87(80-102-89(94)74-68-62-56-49-45-41-37-33-31-27-25-23-21-19-17-15-13-11-8-2)82-106-110(98,99)104-78-86(93)79-105-111(100,101)107-83-88(81-103-90(95)75-69-63-57-53-52-55-61-67-73-85(6)9-3)109-92(97)77-71-65-59-51-47-43-39-35-36-40-44-48-54-60-66-72-84(4)5/h84-88,93H,7-83H2,1-6H3,(H,98,99)(H,100,101)/t85?,86-,87-,88-/m1/s1. The van der Waals surface area contributed by atoms with Crippen LogP contribution in [0, 0.1) is 11.8 Å². The summed E-state index contributed by atoms with van der Waals surface area (Å²) >= 11 is 0. The van der Waals surface area contributed by atoms with Crippen molar-refractivity contribution in [2.75, 3.05) is 39.6 Å². The minimum atomic E-state index is -4.97. The van der Waals surface area contributed by atoms with Crippen molar-refractivity contribution in [1.29, 1.82) is 0 Å². The predicted molar refractivity (Wildman–Crippen MR) is 460 cm³/mol. The van der Waals surface area contributed by atoms with Crippen molar-refractivity contribution >= 4 is 39.5 Å². The average molecular weight is 1620 g/mol. The molecule has 0 aromatic heterocycles. The number of hydrogen-bond acceptors (Lipinski definition) is 15. The molecule has 0 heterocycles. The summed E-state index contributed by atoms with van der Waals surface area (Å²) in [6, 6.07) is 0. The van der Waals surface area contributed by atoms with Gasteiger partial charge in [0.2, 0.25) is 0 Å². The number of rotatable bonds is 91. The normalized spacial score (nSPS) is 14.0. The Bertz CT molecular complexity index is 2120. The highest BCUT2D eigenvalue weighted by Gasteiger charge is 2.31. The molecule has 0 aliphatic carbocycles. The van der Waals surface area contributed by atoms with Gasteiger partial charge in [-0.1, -0.05) is 446 Å². The first-order chi connectivity index (χ1) is 53.9. The van der Waals surface area contributed by atoms with Gasteiger partial charge in [-0.05, 0) is 37.5 Å². The number of aliphatic hydroxyl groups is 1. The highest BCUT2D eigenvalue weighted by atomic mass is 31.2. The number of hydrogen-bond donors (Lipinski definition) is 3. The van der Waals surface area contributed by atoms with Crippen LogP contribution < -0.4 is 0 Å². The molecule has 0 aliphatic rings. The Morgan fingerprint density at radius 3 is 0.685 bits per heavy atom. The Hall–Kier alpha value is -1.94. The largest absolute Gasteiger partial charge is 0.472 e. The molecule has 0 bridgehead atoms. The molecule has 0 saturated heterocycles. The van der Waals surface area contributed by atoms with Crippen molar-refractivity contribution < 1.29 is 80.2 Å². The number of unbranched alkanes of at least 4 members (excludes halogenated alkanes) is 60. The summed E-state index contributed by atoms with van der Waals surface area (Å²) in [7, 11) is -9.94. The second-order valence-electron chi connectivity index (χ2n) is 33.8. The smallest absolute Gasteiger partial charge is 0.462 e. The van der Waals surface area contributed by atoms with Gasteiger partial charge in [-0.25, -0.2) is 9.13 Å². The van der Waals surface area contributed by atoms with Crippen molar-refractivity contribution in [3.63, 3.8) is 0 Å². The second-order valence-corrected chi connectivity index (χ2v) is 36.7. The van der Waals surface area contributed by atoms with E-state index in [9.17, 15) is 43.2 Å². The SMILES string of the molecule is CCCCCCCCCCCCCCCCCCCCCCCCC(=O)O[C@H](COC(=O)CCCCCCCCCCCCCCCCCCCCC)COP(=O)(O)OC[C@@H](O)COP(=O)(O)OC[C@@H](COC(=O)CCCCCCCCCCC(C)CC)OC(=O)CCCCCCCCCCCCCCCCCC(C)C. The summed E-state index contributed by atoms with van der Waals surface area (Å²) in [5, 5.41) is 10.7. The summed E-state index contributed by atoms with van der Waals surface area (Å²) in [4.78, 5) is 73.5. The Labute approximate surface area is 683 Å². The number of carbonyl (C=O) groups is 4. The van der Waals surface area contributed by atoms with Gasteiger partial charge in [-0.15, -0.1) is 0 Å². The molecule has 0 fully saturated rings. The molecule has 3 unspecified atom stereocenters. The fourth-order valence-corrected chi connectivity index (χ4v) is 16.0. The van der Waals surface area contributed by atoms with Crippen molar-refractivity contribution in [2.45, 2.75) is 516 Å². The third-order valence-corrected chi connectivity index (χ3v) is 24.0. The van der Waals surface area contributed by atoms with Crippen LogP contribution in [0.3, 0.4) is 0 Å². The molecule has 0 radical (unpaired) electrons. The van der Waals surface area contributed by atoms with Gasteiger partial charge in [0.05, 0.1) is 26.4 Å². The maximum Gasteiger partial charge on any atom is 0.472 e. The van der Waals surface area contributed by atoms with E-state index < -0.39 is 97.5 Å². The van der Waals surface area contributed by atoms with Crippen LogP contribution in [0.1, 0.15) is 497 Å². The van der Waals surface area contributed by atoms with E-state index in [1.54, 1.807) is 0 Å². The fraction of sp³-hybridized carbons (Fsp3) is 0.957. The van der Waals surface area contributed by atoms with Gasteiger partial charge in [0, 0.05) is 25.7 Å². The van der Waals surface area contributed by atoms with E-state index in [4.69, 9.17) is 37.0 Å². The zero-order chi connectivity index (χ0) is 81.3. The number of aliphatic hydroxyl groups excluding tert-OH is 1. The third-order valence-electron chi connectivity index (χ3n) is 22.1. The summed E-state index contributed by atoms with van der Waals surface area (Å²) in [5.74, 6) is -0.516. The van der Waals surface area contributed by atoms with Crippen LogP contribution in [-0.2, 0) is 65.4 Å². The molecule has 19 heteroatoms. The maximum atomic E-state index is 13.2. The lowest BCUT2D eigenvalue weighted by Crippen LogP contribution is -2.30. The van der Waals surface area contributed by atoms with E-state index in [2.05, 4.69) is 41.5 Å². The van der Waals surface area contributed by atoms with Gasteiger partial charge < -0.3 is 33.8 Å². The van der Waals surface area contributed by atoms with E-state index >= 15 is 0 Å². The van der Waals surface area contributed by atoms with Gasteiger partial charge in [0.1, 0.15) is 19.3 Å². The van der Waals surface area contributed by atoms with Crippen LogP contribution >= 0.6 is 15.6 Å². The first-order valence-electron chi connectivity index (χ1n) is 47.5. The number of phosphoric ester groups is 2. The lowest BCUT2D eigenvalue weighted by molar-refractivity contribution is -0.161. The lowest BCUT2D eigenvalue weighted by Gasteiger charge is -2.21. The molecule has 0 aromatic rings. The molecule has 111 heavy (non-hydrogen) atoms. The maximum absolute atomic E-state index is 13.2. The van der Waals surface area contributed by atoms with Crippen molar-refractivity contribution in [3.8, 4) is 0 Å². The van der Waals surface area contributed by atoms with E-state index in [0.29, 0.717) is 25.7 Å². The number of carbonyl (C=O) groups excluding carboxylic acids is 4. The summed E-state index contributed by atoms with van der Waals surface area (Å²) in [6.45, 7) is 9.74. The quantitative estimate of drug-likeness (QED) is 0.0222. The van der Waals surface area contributed by atoms with Crippen molar-refractivity contribution in [2.24, 2.45) is 11.8 Å². The predicted octanol–water partition coefficient (Wildman–Crippen LogP) is 28.6. The van der Waals surface area contributed by atoms with Crippen LogP contribution in [0.15, 0.2) is 0 Å². The van der Waals surface area contributed by atoms with Gasteiger partial charge >= 0.3 is 39.5 Å². The zero-order valence-corrected chi connectivity index (χ0v) is 75.1. The van der Waals surface area contributed by atoms with Gasteiger partial charge in [-0.3, -0.25) is 37.3 Å². The Morgan fingerprint density at radius 1 is 0.261 bits per heavy atom. The highest BCUT2D eigenvalue weighted by Crippen LogP contribution is 2.45. The summed E-state index contributed by atoms with van der Waals surface area (Å²) < 4.78 is 69.1. The third kappa shape index (κ3) is 84.3. The van der Waals surface area contributed by atoms with Crippen LogP contribution in [0.2, 0.25) is 0 Å². The molecule has 0 rings (SSSR count). The minimum absolute atomic E-state index is 0.108. The minimum Gasteiger partial charge on any atom is -0.462 e. The molecule has 0 spiro atoms. The molecular formula is C92H180O17P2. The molecule has 0 saturated carbocycles. The second kappa shape index (κ2) is 83.1. The number of phosphoric acid groups is 2. The molecule has 6 atom stereocenters. The molecule has 0 aliphatic heterocycles. The first-order valence-corrected chi connectivity index (χ1v) is 50.5. The van der Waals surface area contributed by atoms with E-state index in [0.717, 1.165) is 102 Å². The Balaban J connectivity index is 5.25. The fourth-order valence-electron chi connectivity index (χ4n) is 14.4. The molecule has 660 valence electrons. The van der Waals surface area contributed by atoms with Gasteiger partial charge in [0.25, 0.3) is 0 Å². The molecule has 3 N–H and O–H groups in total. The zero-order valence-electron chi connectivity index (χ0n) is 73.3. The Kier molecular flexibility index (Phi) is 81.7. The van der Waals surface area contributed by atoms with E-state index in [1.165, 1.54) is 315 Å². The van der Waals surface area contributed by atoms with Crippen molar-refractivity contribution in [3.05, 3.63) is 0 Å². The lowest BCUT2D eigenvalue weighted by atomic mass is 9.99. The highest BCUT2D eigenvalue weighted by molar-refractivity contribution is 7.47. The number of ether oxygens (including phenoxy) is 4. The topological polar surface area (TPSA) is 237 Å². The molecule has 0 amide bonds. The summed E-state index contributed by atoms with van der Waals surface area (Å²) in [5.41, 5.74) is 0. The van der Waals surface area contributed by atoms with Crippen LogP contribution in [-0.4, -0.2) is 96.7 Å². The van der Waals surface area contributed by atoms with Crippen LogP contribution in [0.5, 0.6) is 0 Å². The average Bonchev–Trinajstić information content (AvgIpc) is 0.902. The van der Waals surface area contributed by atoms with E-state index in [-0.39, 0.29) is 25.7 Å². The monoisotopic (exact) mass is 1620 g/mol. The summed E-state index contributed by atoms with van der Waals surface area (Å²) in [6.07, 6.45) is 77.9. The van der Waals surface area contributed by atoms with Crippen LogP contribution in [0.25, 0.3) is 0 Å². The van der Waals surface area contributed by atoms with Crippen LogP contribution in [0.4, 0.5) is 0 Å². The van der Waals surface area contributed by atoms with E-state index in [1.807, 2.05) is 0 Å². The number of esters is 4. The first kappa shape index (κ1) is 109. The molecule has 17 nitrogen and oxygen atoms in total. The van der Waals surface area contributed by atoms with Crippen molar-refractivity contribution in [1.82, 2.24) is 0 Å².